The number of carbonyl (C=O) groups excluding carboxylic acids is 1. The molecule has 0 aromatic heterocycles. The van der Waals surface area contributed by atoms with Crippen molar-refractivity contribution in [2.45, 2.75) is 103 Å². The van der Waals surface area contributed by atoms with Gasteiger partial charge in [0.15, 0.2) is 0 Å². The van der Waals surface area contributed by atoms with E-state index < -0.39 is 6.10 Å². The molecule has 0 saturated carbocycles. The van der Waals surface area contributed by atoms with Crippen molar-refractivity contribution in [3.8, 4) is 0 Å². The minimum atomic E-state index is -0.955. The van der Waals surface area contributed by atoms with E-state index in [1.54, 1.807) is 0 Å². The lowest BCUT2D eigenvalue weighted by atomic mass is 9.99. The molecule has 0 aliphatic heterocycles. The highest BCUT2D eigenvalue weighted by molar-refractivity contribution is 5.69. The van der Waals surface area contributed by atoms with E-state index in [9.17, 15) is 4.79 Å². The summed E-state index contributed by atoms with van der Waals surface area (Å²) < 4.78 is 4.86. The number of hydrogen-bond acceptors (Lipinski definition) is 4. The second-order valence-corrected chi connectivity index (χ2v) is 7.11. The zero-order valence-electron chi connectivity index (χ0n) is 16.0. The van der Waals surface area contributed by atoms with E-state index in [0.717, 1.165) is 18.8 Å². The highest BCUT2D eigenvalue weighted by Crippen LogP contribution is 2.15. The molecule has 0 rings (SSSR count). The van der Waals surface area contributed by atoms with E-state index >= 15 is 0 Å². The smallest absolute Gasteiger partial charge is 0.305 e. The van der Waals surface area contributed by atoms with Gasteiger partial charge in [-0.05, 0) is 12.3 Å². The zero-order valence-corrected chi connectivity index (χ0v) is 16.0. The Balaban J connectivity index is 3.18. The molecule has 0 aliphatic carbocycles. The summed E-state index contributed by atoms with van der Waals surface area (Å²) >= 11 is 0. The third kappa shape index (κ3) is 16.3. The zero-order chi connectivity index (χ0) is 18.0. The molecule has 4 heteroatoms. The van der Waals surface area contributed by atoms with Crippen molar-refractivity contribution >= 4 is 5.97 Å². The highest BCUT2D eigenvalue weighted by Gasteiger charge is 2.07. The summed E-state index contributed by atoms with van der Waals surface area (Å²) in [6.07, 6.45) is 14.7. The average Bonchev–Trinajstić information content (AvgIpc) is 2.60. The maximum absolute atomic E-state index is 11.4. The maximum atomic E-state index is 11.4. The summed E-state index contributed by atoms with van der Waals surface area (Å²) in [4.78, 5) is 11.4. The van der Waals surface area contributed by atoms with E-state index in [1.165, 1.54) is 64.2 Å². The van der Waals surface area contributed by atoms with E-state index in [-0.39, 0.29) is 19.2 Å². The summed E-state index contributed by atoms with van der Waals surface area (Å²) in [7, 11) is 0. The molecular weight excluding hydrogens is 304 g/mol. The number of unbranched alkanes of at least 4 members (excludes halogenated alkanes) is 9. The molecule has 0 bridgehead atoms. The van der Waals surface area contributed by atoms with Gasteiger partial charge in [-0.15, -0.1) is 0 Å². The lowest BCUT2D eigenvalue weighted by molar-refractivity contribution is -0.147. The van der Waals surface area contributed by atoms with Crippen LogP contribution in [0.2, 0.25) is 0 Å². The minimum Gasteiger partial charge on any atom is -0.463 e. The number of carbonyl (C=O) groups is 1. The quantitative estimate of drug-likeness (QED) is 0.299. The van der Waals surface area contributed by atoms with Crippen LogP contribution >= 0.6 is 0 Å². The largest absolute Gasteiger partial charge is 0.463 e. The number of esters is 1. The van der Waals surface area contributed by atoms with E-state index in [0.29, 0.717) is 6.42 Å². The Morgan fingerprint density at radius 2 is 1.42 bits per heavy atom. The van der Waals surface area contributed by atoms with Crippen molar-refractivity contribution in [3.05, 3.63) is 0 Å². The molecule has 0 fully saturated rings. The number of hydrogen-bond donors (Lipinski definition) is 2. The Morgan fingerprint density at radius 1 is 0.917 bits per heavy atom. The topological polar surface area (TPSA) is 66.8 Å². The lowest BCUT2D eigenvalue weighted by Gasteiger charge is -2.08. The first-order valence-electron chi connectivity index (χ1n) is 10.0. The number of aliphatic hydroxyl groups excluding tert-OH is 2. The molecule has 2 atom stereocenters. The minimum absolute atomic E-state index is 0.104. The summed E-state index contributed by atoms with van der Waals surface area (Å²) in [5, 5.41) is 17.7. The van der Waals surface area contributed by atoms with Gasteiger partial charge < -0.3 is 14.9 Å². The number of rotatable bonds is 17. The fraction of sp³-hybridized carbons (Fsp3) is 0.950. The van der Waals surface area contributed by atoms with Gasteiger partial charge in [-0.3, -0.25) is 4.79 Å². The average molecular weight is 345 g/mol. The Bertz CT molecular complexity index is 281. The first-order chi connectivity index (χ1) is 11.6. The molecular formula is C20H40O4. The second-order valence-electron chi connectivity index (χ2n) is 7.11. The van der Waals surface area contributed by atoms with Crippen LogP contribution in [0.15, 0.2) is 0 Å². The Hall–Kier alpha value is -0.610. The van der Waals surface area contributed by atoms with E-state index in [4.69, 9.17) is 14.9 Å². The Labute approximate surface area is 149 Å². The van der Waals surface area contributed by atoms with Crippen molar-refractivity contribution in [3.63, 3.8) is 0 Å². The van der Waals surface area contributed by atoms with Crippen molar-refractivity contribution in [2.24, 2.45) is 5.92 Å². The third-order valence-electron chi connectivity index (χ3n) is 4.67. The van der Waals surface area contributed by atoms with Crippen LogP contribution in [0.3, 0.4) is 0 Å². The molecule has 24 heavy (non-hydrogen) atoms. The molecule has 0 saturated heterocycles. The van der Waals surface area contributed by atoms with Crippen molar-refractivity contribution < 1.29 is 19.7 Å². The van der Waals surface area contributed by atoms with Gasteiger partial charge in [-0.2, -0.15) is 0 Å². The normalized spacial score (nSPS) is 13.7. The fourth-order valence-electron chi connectivity index (χ4n) is 2.69. The van der Waals surface area contributed by atoms with Crippen LogP contribution in [0.1, 0.15) is 97.3 Å². The van der Waals surface area contributed by atoms with Gasteiger partial charge in [-0.25, -0.2) is 0 Å². The van der Waals surface area contributed by atoms with Gasteiger partial charge in [0.25, 0.3) is 0 Å². The molecule has 0 aromatic rings. The van der Waals surface area contributed by atoms with Gasteiger partial charge in [0.2, 0.25) is 0 Å². The molecule has 0 spiro atoms. The van der Waals surface area contributed by atoms with Gasteiger partial charge in [0.1, 0.15) is 12.7 Å². The van der Waals surface area contributed by atoms with Crippen LogP contribution in [0.4, 0.5) is 0 Å². The SMILES string of the molecule is CCC(C)CCCCCCCCCCCCC(=O)OC[C@H](O)CO. The van der Waals surface area contributed by atoms with Crippen LogP contribution in [-0.2, 0) is 9.53 Å². The third-order valence-corrected chi connectivity index (χ3v) is 4.67. The van der Waals surface area contributed by atoms with Gasteiger partial charge in [0.05, 0.1) is 6.61 Å². The number of aliphatic hydroxyl groups is 2. The van der Waals surface area contributed by atoms with E-state index in [1.807, 2.05) is 0 Å². The molecule has 0 aromatic carbocycles. The summed E-state index contributed by atoms with van der Waals surface area (Å²) in [6.45, 7) is 4.14. The van der Waals surface area contributed by atoms with Crippen LogP contribution in [-0.4, -0.2) is 35.5 Å². The first-order valence-corrected chi connectivity index (χ1v) is 10.0. The van der Waals surface area contributed by atoms with Gasteiger partial charge >= 0.3 is 5.97 Å². The molecule has 4 nitrogen and oxygen atoms in total. The van der Waals surface area contributed by atoms with Crippen molar-refractivity contribution in [2.75, 3.05) is 13.2 Å². The van der Waals surface area contributed by atoms with Gasteiger partial charge in [-0.1, -0.05) is 84.5 Å². The van der Waals surface area contributed by atoms with Crippen LogP contribution in [0.25, 0.3) is 0 Å². The monoisotopic (exact) mass is 344 g/mol. The van der Waals surface area contributed by atoms with Crippen molar-refractivity contribution in [1.82, 2.24) is 0 Å². The summed E-state index contributed by atoms with van der Waals surface area (Å²) in [5.74, 6) is 0.613. The fourth-order valence-corrected chi connectivity index (χ4v) is 2.69. The Kier molecular flexibility index (Phi) is 16.8. The van der Waals surface area contributed by atoms with Gasteiger partial charge in [0, 0.05) is 6.42 Å². The maximum Gasteiger partial charge on any atom is 0.305 e. The van der Waals surface area contributed by atoms with E-state index in [2.05, 4.69) is 13.8 Å². The van der Waals surface area contributed by atoms with Crippen LogP contribution in [0.5, 0.6) is 0 Å². The van der Waals surface area contributed by atoms with Crippen molar-refractivity contribution in [1.29, 1.82) is 0 Å². The predicted molar refractivity (Wildman–Crippen MR) is 98.9 cm³/mol. The second kappa shape index (κ2) is 17.2. The highest BCUT2D eigenvalue weighted by atomic mass is 16.5. The summed E-state index contributed by atoms with van der Waals surface area (Å²) in [6, 6.07) is 0. The molecule has 0 radical (unpaired) electrons. The number of ether oxygens (including phenoxy) is 1. The van der Waals surface area contributed by atoms with Crippen LogP contribution in [0, 0.1) is 5.92 Å². The molecule has 144 valence electrons. The molecule has 0 aliphatic rings. The standard InChI is InChI=1S/C20H40O4/c1-3-18(2)14-12-10-8-6-4-5-7-9-11-13-15-20(23)24-17-19(22)16-21/h18-19,21-22H,3-17H2,1-2H3/t18?,19-/m1/s1. The van der Waals surface area contributed by atoms with Crippen LogP contribution < -0.4 is 0 Å². The molecule has 2 N–H and O–H groups in total. The predicted octanol–water partition coefficient (Wildman–Crippen LogP) is 4.61. The molecule has 0 heterocycles. The Morgan fingerprint density at radius 3 is 1.92 bits per heavy atom. The lowest BCUT2D eigenvalue weighted by Crippen LogP contribution is -2.21. The first kappa shape index (κ1) is 23.4. The molecule has 0 amide bonds. The molecule has 1 unspecified atom stereocenters. The summed E-state index contributed by atoms with van der Waals surface area (Å²) in [5.41, 5.74) is 0.